The SMILES string of the molecule is CCc1ccc(N(C)S(=O)(=O)c2ccc(NN)cc2)cc1. The van der Waals surface area contributed by atoms with Gasteiger partial charge in [0, 0.05) is 12.7 Å². The van der Waals surface area contributed by atoms with Crippen molar-refractivity contribution in [3.8, 4) is 0 Å². The van der Waals surface area contributed by atoms with Gasteiger partial charge in [0.25, 0.3) is 10.0 Å². The predicted octanol–water partition coefficient (Wildman–Crippen LogP) is 2.36. The number of hydrazine groups is 1. The fraction of sp³-hybridized carbons (Fsp3) is 0.200. The van der Waals surface area contributed by atoms with Gasteiger partial charge in [0.15, 0.2) is 0 Å². The number of sulfonamides is 1. The molecule has 0 unspecified atom stereocenters. The first-order valence-electron chi connectivity index (χ1n) is 6.63. The van der Waals surface area contributed by atoms with Crippen molar-refractivity contribution in [3.05, 3.63) is 54.1 Å². The summed E-state index contributed by atoms with van der Waals surface area (Å²) in [7, 11) is -2.02. The lowest BCUT2D eigenvalue weighted by Crippen LogP contribution is -2.26. The van der Waals surface area contributed by atoms with Crippen LogP contribution in [0.2, 0.25) is 0 Å². The summed E-state index contributed by atoms with van der Waals surface area (Å²) in [6.07, 6.45) is 0.921. The number of nitrogen functional groups attached to an aromatic ring is 1. The zero-order valence-electron chi connectivity index (χ0n) is 12.1. The average molecular weight is 305 g/mol. The van der Waals surface area contributed by atoms with Crippen LogP contribution in [0.1, 0.15) is 12.5 Å². The number of hydrogen-bond donors (Lipinski definition) is 2. The molecule has 0 spiro atoms. The van der Waals surface area contributed by atoms with Crippen molar-refractivity contribution in [1.82, 2.24) is 0 Å². The van der Waals surface area contributed by atoms with Gasteiger partial charge in [0.05, 0.1) is 10.6 Å². The van der Waals surface area contributed by atoms with E-state index in [4.69, 9.17) is 5.84 Å². The molecule has 0 radical (unpaired) electrons. The maximum absolute atomic E-state index is 12.6. The van der Waals surface area contributed by atoms with E-state index >= 15 is 0 Å². The molecule has 0 saturated heterocycles. The molecule has 112 valence electrons. The van der Waals surface area contributed by atoms with Crippen molar-refractivity contribution < 1.29 is 8.42 Å². The molecule has 0 aliphatic carbocycles. The number of benzene rings is 2. The molecule has 0 bridgehead atoms. The van der Waals surface area contributed by atoms with E-state index in [0.717, 1.165) is 6.42 Å². The zero-order chi connectivity index (χ0) is 15.5. The van der Waals surface area contributed by atoms with E-state index < -0.39 is 10.0 Å². The van der Waals surface area contributed by atoms with Crippen molar-refractivity contribution in [2.24, 2.45) is 5.84 Å². The van der Waals surface area contributed by atoms with Gasteiger partial charge < -0.3 is 5.43 Å². The van der Waals surface area contributed by atoms with E-state index in [1.807, 2.05) is 24.3 Å². The molecule has 0 amide bonds. The van der Waals surface area contributed by atoms with Gasteiger partial charge in [0.1, 0.15) is 0 Å². The molecule has 2 aromatic carbocycles. The summed E-state index contributed by atoms with van der Waals surface area (Å²) < 4.78 is 26.4. The second kappa shape index (κ2) is 6.15. The van der Waals surface area contributed by atoms with Crippen LogP contribution in [-0.2, 0) is 16.4 Å². The molecule has 0 heterocycles. The van der Waals surface area contributed by atoms with Gasteiger partial charge in [-0.05, 0) is 48.4 Å². The van der Waals surface area contributed by atoms with E-state index in [1.54, 1.807) is 19.2 Å². The molecule has 0 atom stereocenters. The van der Waals surface area contributed by atoms with Gasteiger partial charge in [0.2, 0.25) is 0 Å². The van der Waals surface area contributed by atoms with Crippen LogP contribution in [0.4, 0.5) is 11.4 Å². The van der Waals surface area contributed by atoms with Gasteiger partial charge in [-0.3, -0.25) is 10.1 Å². The van der Waals surface area contributed by atoms with E-state index in [1.165, 1.54) is 22.0 Å². The van der Waals surface area contributed by atoms with Crippen LogP contribution >= 0.6 is 0 Å². The second-order valence-electron chi connectivity index (χ2n) is 4.66. The third-order valence-electron chi connectivity index (χ3n) is 3.39. The Balaban J connectivity index is 2.32. The second-order valence-corrected chi connectivity index (χ2v) is 6.63. The highest BCUT2D eigenvalue weighted by molar-refractivity contribution is 7.92. The van der Waals surface area contributed by atoms with Crippen LogP contribution in [0.5, 0.6) is 0 Å². The smallest absolute Gasteiger partial charge is 0.264 e. The van der Waals surface area contributed by atoms with Gasteiger partial charge in [-0.2, -0.15) is 0 Å². The lowest BCUT2D eigenvalue weighted by molar-refractivity contribution is 0.594. The van der Waals surface area contributed by atoms with Crippen LogP contribution in [0.25, 0.3) is 0 Å². The molecule has 0 fully saturated rings. The third kappa shape index (κ3) is 3.17. The Morgan fingerprint density at radius 3 is 2.10 bits per heavy atom. The number of aryl methyl sites for hydroxylation is 1. The fourth-order valence-electron chi connectivity index (χ4n) is 1.96. The first kappa shape index (κ1) is 15.3. The highest BCUT2D eigenvalue weighted by Gasteiger charge is 2.21. The molecule has 2 aromatic rings. The highest BCUT2D eigenvalue weighted by Crippen LogP contribution is 2.23. The minimum absolute atomic E-state index is 0.226. The standard InChI is InChI=1S/C15H19N3O2S/c1-3-12-4-8-14(9-5-12)18(2)21(19,20)15-10-6-13(17-16)7-11-15/h4-11,17H,3,16H2,1-2H3. The molecule has 2 rings (SSSR count). The largest absolute Gasteiger partial charge is 0.324 e. The van der Waals surface area contributed by atoms with Crippen molar-refractivity contribution in [2.75, 3.05) is 16.8 Å². The van der Waals surface area contributed by atoms with Crippen molar-refractivity contribution in [2.45, 2.75) is 18.2 Å². The minimum Gasteiger partial charge on any atom is -0.324 e. The number of anilines is 2. The number of rotatable bonds is 5. The molecule has 3 N–H and O–H groups in total. The summed E-state index contributed by atoms with van der Waals surface area (Å²) in [5.41, 5.74) is 4.93. The molecular formula is C15H19N3O2S. The van der Waals surface area contributed by atoms with E-state index in [2.05, 4.69) is 12.3 Å². The van der Waals surface area contributed by atoms with Gasteiger partial charge >= 0.3 is 0 Å². The Kier molecular flexibility index (Phi) is 4.50. The highest BCUT2D eigenvalue weighted by atomic mass is 32.2. The Hall–Kier alpha value is -2.05. The monoisotopic (exact) mass is 305 g/mol. The predicted molar refractivity (Wildman–Crippen MR) is 85.7 cm³/mol. The molecule has 0 aliphatic heterocycles. The quantitative estimate of drug-likeness (QED) is 0.657. The summed E-state index contributed by atoms with van der Waals surface area (Å²) >= 11 is 0. The third-order valence-corrected chi connectivity index (χ3v) is 5.19. The Bertz CT molecular complexity index is 695. The average Bonchev–Trinajstić information content (AvgIpc) is 2.54. The normalized spacial score (nSPS) is 11.2. The number of nitrogens with two attached hydrogens (primary N) is 1. The molecule has 0 aromatic heterocycles. The lowest BCUT2D eigenvalue weighted by atomic mass is 10.1. The van der Waals surface area contributed by atoms with Crippen molar-refractivity contribution >= 4 is 21.4 Å². The molecule has 21 heavy (non-hydrogen) atoms. The molecule has 5 nitrogen and oxygen atoms in total. The van der Waals surface area contributed by atoms with Crippen molar-refractivity contribution in [3.63, 3.8) is 0 Å². The van der Waals surface area contributed by atoms with Gasteiger partial charge in [-0.15, -0.1) is 0 Å². The first-order valence-corrected chi connectivity index (χ1v) is 8.07. The Morgan fingerprint density at radius 2 is 1.62 bits per heavy atom. The van der Waals surface area contributed by atoms with Crippen LogP contribution < -0.4 is 15.6 Å². The van der Waals surface area contributed by atoms with Crippen molar-refractivity contribution in [1.29, 1.82) is 0 Å². The van der Waals surface area contributed by atoms with E-state index in [9.17, 15) is 8.42 Å². The summed E-state index contributed by atoms with van der Waals surface area (Å²) in [6.45, 7) is 2.06. The Labute approximate surface area is 125 Å². The topological polar surface area (TPSA) is 75.4 Å². The van der Waals surface area contributed by atoms with Gasteiger partial charge in [-0.1, -0.05) is 19.1 Å². The molecule has 0 saturated carbocycles. The summed E-state index contributed by atoms with van der Waals surface area (Å²) in [6, 6.07) is 13.8. The zero-order valence-corrected chi connectivity index (χ0v) is 12.9. The fourth-order valence-corrected chi connectivity index (χ4v) is 3.16. The first-order chi connectivity index (χ1) is 9.98. The number of hydrogen-bond acceptors (Lipinski definition) is 4. The van der Waals surface area contributed by atoms with E-state index in [-0.39, 0.29) is 4.90 Å². The molecule has 6 heteroatoms. The lowest BCUT2D eigenvalue weighted by Gasteiger charge is -2.20. The minimum atomic E-state index is -3.57. The maximum atomic E-state index is 12.6. The molecule has 0 aliphatic rings. The maximum Gasteiger partial charge on any atom is 0.264 e. The van der Waals surface area contributed by atoms with Crippen LogP contribution in [0, 0.1) is 0 Å². The van der Waals surface area contributed by atoms with Crippen LogP contribution in [0.15, 0.2) is 53.4 Å². The van der Waals surface area contributed by atoms with E-state index in [0.29, 0.717) is 11.4 Å². The summed E-state index contributed by atoms with van der Waals surface area (Å²) in [5, 5.41) is 0. The van der Waals surface area contributed by atoms with Crippen LogP contribution in [0.3, 0.4) is 0 Å². The Morgan fingerprint density at radius 1 is 1.05 bits per heavy atom. The molecular weight excluding hydrogens is 286 g/mol. The number of nitrogens with zero attached hydrogens (tertiary/aromatic N) is 1. The summed E-state index contributed by atoms with van der Waals surface area (Å²) in [5.74, 6) is 5.28. The van der Waals surface area contributed by atoms with Gasteiger partial charge in [-0.25, -0.2) is 8.42 Å². The van der Waals surface area contributed by atoms with Crippen LogP contribution in [-0.4, -0.2) is 15.5 Å². The number of nitrogens with one attached hydrogen (secondary N) is 1. The summed E-state index contributed by atoms with van der Waals surface area (Å²) in [4.78, 5) is 0.226.